The van der Waals surface area contributed by atoms with Gasteiger partial charge in [0.25, 0.3) is 0 Å². The average molecular weight is 194 g/mol. The molecule has 71 valence electrons. The van der Waals surface area contributed by atoms with Gasteiger partial charge in [-0.05, 0) is 30.3 Å². The summed E-state index contributed by atoms with van der Waals surface area (Å²) >= 11 is 0. The molecule has 0 N–H and O–H groups in total. The number of rotatable bonds is 1. The lowest BCUT2D eigenvalue weighted by molar-refractivity contribution is 0.620. The van der Waals surface area contributed by atoms with E-state index in [9.17, 15) is 0 Å². The van der Waals surface area contributed by atoms with Crippen LogP contribution in [-0.2, 0) is 0 Å². The summed E-state index contributed by atoms with van der Waals surface area (Å²) in [6.07, 6.45) is 0. The molecule has 3 rings (SSSR count). The second kappa shape index (κ2) is 3.24. The smallest absolute Gasteiger partial charge is 0.227 e. The van der Waals surface area contributed by atoms with E-state index in [-0.39, 0.29) is 0 Å². The number of hydrogen-bond acceptors (Lipinski definition) is 2. The quantitative estimate of drug-likeness (QED) is 0.594. The van der Waals surface area contributed by atoms with E-state index in [0.717, 1.165) is 16.7 Å². The van der Waals surface area contributed by atoms with Crippen molar-refractivity contribution in [2.24, 2.45) is 0 Å². The molecule has 3 aromatic rings. The minimum atomic E-state index is 0.658. The van der Waals surface area contributed by atoms with Crippen molar-refractivity contribution in [3.05, 3.63) is 54.6 Å². The Morgan fingerprint density at radius 1 is 1.00 bits per heavy atom. The van der Waals surface area contributed by atoms with Gasteiger partial charge in [-0.15, -0.1) is 0 Å². The summed E-state index contributed by atoms with van der Waals surface area (Å²) < 4.78 is 5.63. The lowest BCUT2D eigenvalue weighted by Crippen LogP contribution is -1.74. The molecule has 0 fully saturated rings. The summed E-state index contributed by atoms with van der Waals surface area (Å²) in [7, 11) is 0. The van der Waals surface area contributed by atoms with Crippen molar-refractivity contribution >= 4 is 11.1 Å². The molecule has 1 radical (unpaired) electrons. The lowest BCUT2D eigenvalue weighted by Gasteiger charge is -1.91. The van der Waals surface area contributed by atoms with E-state index in [0.29, 0.717) is 5.89 Å². The van der Waals surface area contributed by atoms with Crippen molar-refractivity contribution in [3.63, 3.8) is 0 Å². The zero-order chi connectivity index (χ0) is 10.1. The molecule has 0 saturated carbocycles. The Balaban J connectivity index is 2.21. The van der Waals surface area contributed by atoms with Gasteiger partial charge in [-0.25, -0.2) is 4.98 Å². The summed E-state index contributed by atoms with van der Waals surface area (Å²) in [5.74, 6) is 0.658. The molecule has 0 aliphatic carbocycles. The van der Waals surface area contributed by atoms with Crippen molar-refractivity contribution < 1.29 is 4.42 Å². The maximum Gasteiger partial charge on any atom is 0.227 e. The third-order valence-corrected chi connectivity index (χ3v) is 2.26. The van der Waals surface area contributed by atoms with Gasteiger partial charge in [-0.3, -0.25) is 0 Å². The molecule has 0 atom stereocenters. The maximum atomic E-state index is 5.63. The Morgan fingerprint density at radius 3 is 2.60 bits per heavy atom. The Labute approximate surface area is 87.2 Å². The number of benzene rings is 2. The van der Waals surface area contributed by atoms with Crippen LogP contribution in [-0.4, -0.2) is 4.98 Å². The van der Waals surface area contributed by atoms with E-state index in [1.807, 2.05) is 48.5 Å². The molecular weight excluding hydrogens is 186 g/mol. The topological polar surface area (TPSA) is 26.0 Å². The molecule has 2 heteroatoms. The van der Waals surface area contributed by atoms with Crippen molar-refractivity contribution in [1.29, 1.82) is 0 Å². The largest absolute Gasteiger partial charge is 0.436 e. The van der Waals surface area contributed by atoms with Gasteiger partial charge in [-0.1, -0.05) is 24.3 Å². The second-order valence-electron chi connectivity index (χ2n) is 3.28. The minimum Gasteiger partial charge on any atom is -0.436 e. The zero-order valence-electron chi connectivity index (χ0n) is 7.97. The molecular formula is C13H8NO. The van der Waals surface area contributed by atoms with E-state index in [2.05, 4.69) is 11.1 Å². The number of fused-ring (bicyclic) bond motifs is 1. The van der Waals surface area contributed by atoms with Crippen molar-refractivity contribution in [1.82, 2.24) is 4.98 Å². The highest BCUT2D eigenvalue weighted by Gasteiger charge is 2.05. The first-order valence-electron chi connectivity index (χ1n) is 4.75. The second-order valence-corrected chi connectivity index (χ2v) is 3.28. The monoisotopic (exact) mass is 194 g/mol. The van der Waals surface area contributed by atoms with Crippen LogP contribution in [0.25, 0.3) is 22.6 Å². The van der Waals surface area contributed by atoms with Gasteiger partial charge in [0.1, 0.15) is 5.52 Å². The Bertz CT molecular complexity index is 551. The number of hydrogen-bond donors (Lipinski definition) is 0. The average Bonchev–Trinajstić information content (AvgIpc) is 2.74. The Kier molecular flexibility index (Phi) is 1.78. The predicted molar refractivity (Wildman–Crippen MR) is 58.3 cm³/mol. The van der Waals surface area contributed by atoms with E-state index in [1.54, 1.807) is 0 Å². The fraction of sp³-hybridized carbons (Fsp3) is 0. The van der Waals surface area contributed by atoms with E-state index in [1.165, 1.54) is 0 Å². The molecule has 0 aliphatic heterocycles. The van der Waals surface area contributed by atoms with E-state index in [4.69, 9.17) is 4.42 Å². The maximum absolute atomic E-state index is 5.63. The first kappa shape index (κ1) is 8.24. The summed E-state index contributed by atoms with van der Waals surface area (Å²) in [6.45, 7) is 0. The van der Waals surface area contributed by atoms with Crippen LogP contribution in [0.15, 0.2) is 52.9 Å². The highest BCUT2D eigenvalue weighted by atomic mass is 16.3. The molecule has 1 heterocycles. The summed E-state index contributed by atoms with van der Waals surface area (Å²) in [4.78, 5) is 4.40. The van der Waals surface area contributed by atoms with Crippen LogP contribution in [0.1, 0.15) is 0 Å². The van der Waals surface area contributed by atoms with Crippen LogP contribution in [0.3, 0.4) is 0 Å². The highest BCUT2D eigenvalue weighted by Crippen LogP contribution is 2.23. The molecule has 0 aliphatic rings. The highest BCUT2D eigenvalue weighted by molar-refractivity contribution is 5.75. The summed E-state index contributed by atoms with van der Waals surface area (Å²) in [5.41, 5.74) is 2.69. The number of oxazole rings is 1. The van der Waals surface area contributed by atoms with E-state index >= 15 is 0 Å². The van der Waals surface area contributed by atoms with Crippen LogP contribution < -0.4 is 0 Å². The lowest BCUT2D eigenvalue weighted by atomic mass is 10.2. The van der Waals surface area contributed by atoms with Gasteiger partial charge in [0.15, 0.2) is 5.58 Å². The normalized spacial score (nSPS) is 10.7. The van der Waals surface area contributed by atoms with Crippen LogP contribution in [0.2, 0.25) is 0 Å². The van der Waals surface area contributed by atoms with Crippen molar-refractivity contribution in [2.75, 3.05) is 0 Å². The molecule has 2 aromatic carbocycles. The first-order chi connectivity index (χ1) is 7.43. The zero-order valence-corrected chi connectivity index (χ0v) is 7.97. The Morgan fingerprint density at radius 2 is 1.80 bits per heavy atom. The molecule has 0 spiro atoms. The van der Waals surface area contributed by atoms with Gasteiger partial charge in [-0.2, -0.15) is 0 Å². The molecule has 2 nitrogen and oxygen atoms in total. The minimum absolute atomic E-state index is 0.658. The van der Waals surface area contributed by atoms with E-state index < -0.39 is 0 Å². The standard InChI is InChI=1S/C13H8NO/c1-2-6-10(7-3-1)13-14-11-8-4-5-9-12(11)15-13/h2-9H. The van der Waals surface area contributed by atoms with Crippen molar-refractivity contribution in [3.8, 4) is 11.5 Å². The predicted octanol–water partition coefficient (Wildman–Crippen LogP) is 3.29. The van der Waals surface area contributed by atoms with Crippen LogP contribution in [0.5, 0.6) is 0 Å². The number of nitrogens with zero attached hydrogens (tertiary/aromatic N) is 1. The fourth-order valence-electron chi connectivity index (χ4n) is 1.53. The van der Waals surface area contributed by atoms with Gasteiger partial charge in [0.05, 0.1) is 0 Å². The third-order valence-electron chi connectivity index (χ3n) is 2.26. The molecule has 0 saturated heterocycles. The Hall–Kier alpha value is -2.09. The fourth-order valence-corrected chi connectivity index (χ4v) is 1.53. The van der Waals surface area contributed by atoms with Crippen molar-refractivity contribution in [2.45, 2.75) is 0 Å². The molecule has 0 amide bonds. The van der Waals surface area contributed by atoms with Crippen LogP contribution in [0, 0.1) is 6.07 Å². The number of para-hydroxylation sites is 2. The van der Waals surface area contributed by atoms with Gasteiger partial charge in [0.2, 0.25) is 5.89 Å². The first-order valence-corrected chi connectivity index (χ1v) is 4.75. The van der Waals surface area contributed by atoms with Gasteiger partial charge in [0, 0.05) is 5.56 Å². The SMILES string of the molecule is [c]1ccc(-c2nc3ccccc3o2)cc1. The van der Waals surface area contributed by atoms with Crippen LogP contribution in [0.4, 0.5) is 0 Å². The third kappa shape index (κ3) is 1.40. The molecule has 15 heavy (non-hydrogen) atoms. The summed E-state index contributed by atoms with van der Waals surface area (Å²) in [6, 6.07) is 18.3. The molecule has 0 unspecified atom stereocenters. The molecule has 1 aromatic heterocycles. The summed E-state index contributed by atoms with van der Waals surface area (Å²) in [5, 5.41) is 0. The van der Waals surface area contributed by atoms with Gasteiger partial charge < -0.3 is 4.42 Å². The number of aromatic nitrogens is 1. The van der Waals surface area contributed by atoms with Gasteiger partial charge >= 0.3 is 0 Å². The van der Waals surface area contributed by atoms with Crippen LogP contribution >= 0.6 is 0 Å². The molecule has 0 bridgehead atoms.